The van der Waals surface area contributed by atoms with Crippen LogP contribution < -0.4 is 10.6 Å². The van der Waals surface area contributed by atoms with Crippen LogP contribution >= 0.6 is 11.3 Å². The minimum absolute atomic E-state index is 0.407. The maximum absolute atomic E-state index is 4.76. The van der Waals surface area contributed by atoms with E-state index in [1.54, 1.807) is 23.7 Å². The lowest BCUT2D eigenvalue weighted by Gasteiger charge is -2.28. The topological polar surface area (TPSA) is 67.1 Å². The second-order valence-corrected chi connectivity index (χ2v) is 7.46. The summed E-state index contributed by atoms with van der Waals surface area (Å²) in [5.41, 5.74) is 1.84. The highest BCUT2D eigenvalue weighted by Gasteiger charge is 2.18. The zero-order valence-electron chi connectivity index (χ0n) is 14.0. The van der Waals surface area contributed by atoms with Crippen molar-refractivity contribution < 1.29 is 0 Å². The number of nitrogens with zero attached hydrogens (tertiary/aromatic N) is 4. The summed E-state index contributed by atoms with van der Waals surface area (Å²) < 4.78 is 2.11. The molecule has 7 heteroatoms. The molecule has 0 saturated carbocycles. The highest BCUT2D eigenvalue weighted by molar-refractivity contribution is 7.17. The molecule has 24 heavy (non-hydrogen) atoms. The van der Waals surface area contributed by atoms with E-state index in [0.717, 1.165) is 41.6 Å². The highest BCUT2D eigenvalue weighted by Crippen LogP contribution is 2.25. The van der Waals surface area contributed by atoms with Gasteiger partial charge in [-0.15, -0.1) is 11.3 Å². The number of aromatic nitrogens is 4. The molecule has 4 heterocycles. The van der Waals surface area contributed by atoms with Gasteiger partial charge in [-0.1, -0.05) is 6.92 Å². The van der Waals surface area contributed by atoms with Gasteiger partial charge in [0.15, 0.2) is 4.96 Å². The number of imidazole rings is 1. The van der Waals surface area contributed by atoms with E-state index >= 15 is 0 Å². The van der Waals surface area contributed by atoms with Crippen LogP contribution in [0.25, 0.3) is 16.3 Å². The fourth-order valence-corrected chi connectivity index (χ4v) is 3.97. The summed E-state index contributed by atoms with van der Waals surface area (Å²) in [7, 11) is 0. The van der Waals surface area contributed by atoms with E-state index in [1.165, 1.54) is 11.3 Å². The zero-order chi connectivity index (χ0) is 16.5. The first-order chi connectivity index (χ1) is 11.7. The molecule has 6 nitrogen and oxygen atoms in total. The standard InChI is InChI=1S/C17H22N6S/c1-3-13-10-23-15(8-20-17(23)24-13)14-7-18-9-16(22-14)21-12-5-4-11(2)19-6-12/h7-12,19H,3-6H2,1-2H3,(H,21,22)/t11-,12+/m0/s1. The lowest BCUT2D eigenvalue weighted by molar-refractivity contribution is 0.398. The Morgan fingerprint density at radius 2 is 2.25 bits per heavy atom. The van der Waals surface area contributed by atoms with Crippen molar-refractivity contribution in [3.8, 4) is 11.4 Å². The average Bonchev–Trinajstić information content (AvgIpc) is 3.17. The van der Waals surface area contributed by atoms with Crippen molar-refractivity contribution in [2.24, 2.45) is 0 Å². The van der Waals surface area contributed by atoms with Crippen molar-refractivity contribution in [3.05, 3.63) is 29.7 Å². The SMILES string of the molecule is CCc1cn2c(-c3cncc(N[C@@H]4CC[C@H](C)NC4)n3)cnc2s1. The largest absolute Gasteiger partial charge is 0.365 e. The smallest absolute Gasteiger partial charge is 0.194 e. The van der Waals surface area contributed by atoms with E-state index in [1.807, 2.05) is 6.20 Å². The van der Waals surface area contributed by atoms with E-state index in [2.05, 4.69) is 45.0 Å². The second-order valence-electron chi connectivity index (χ2n) is 6.36. The van der Waals surface area contributed by atoms with Crippen LogP contribution in [0.1, 0.15) is 31.6 Å². The number of anilines is 1. The van der Waals surface area contributed by atoms with Gasteiger partial charge in [0, 0.05) is 29.7 Å². The predicted octanol–water partition coefficient (Wildman–Crippen LogP) is 2.97. The van der Waals surface area contributed by atoms with Crippen LogP contribution in [-0.4, -0.2) is 38.0 Å². The fourth-order valence-electron chi connectivity index (χ4n) is 3.07. The van der Waals surface area contributed by atoms with Crippen LogP contribution in [-0.2, 0) is 6.42 Å². The Bertz CT molecular complexity index is 831. The highest BCUT2D eigenvalue weighted by atomic mass is 32.1. The molecule has 1 aliphatic heterocycles. The quantitative estimate of drug-likeness (QED) is 0.763. The molecule has 0 aliphatic carbocycles. The zero-order valence-corrected chi connectivity index (χ0v) is 14.8. The number of hydrogen-bond acceptors (Lipinski definition) is 6. The van der Waals surface area contributed by atoms with E-state index in [4.69, 9.17) is 4.98 Å². The van der Waals surface area contributed by atoms with Crippen LogP contribution in [0.2, 0.25) is 0 Å². The van der Waals surface area contributed by atoms with Crippen molar-refractivity contribution in [1.82, 2.24) is 24.7 Å². The van der Waals surface area contributed by atoms with E-state index in [9.17, 15) is 0 Å². The van der Waals surface area contributed by atoms with Crippen molar-refractivity contribution in [3.63, 3.8) is 0 Å². The van der Waals surface area contributed by atoms with Gasteiger partial charge in [0.05, 0.1) is 24.3 Å². The fraction of sp³-hybridized carbons (Fsp3) is 0.471. The molecule has 0 radical (unpaired) electrons. The van der Waals surface area contributed by atoms with Gasteiger partial charge < -0.3 is 10.6 Å². The summed E-state index contributed by atoms with van der Waals surface area (Å²) in [4.78, 5) is 16.0. The van der Waals surface area contributed by atoms with Crippen LogP contribution in [0.3, 0.4) is 0 Å². The monoisotopic (exact) mass is 342 g/mol. The van der Waals surface area contributed by atoms with Gasteiger partial charge in [-0.2, -0.15) is 0 Å². The molecule has 0 unspecified atom stereocenters. The molecule has 1 fully saturated rings. The normalized spacial score (nSPS) is 21.2. The van der Waals surface area contributed by atoms with Gasteiger partial charge in [-0.3, -0.25) is 9.38 Å². The van der Waals surface area contributed by atoms with E-state index < -0.39 is 0 Å². The van der Waals surface area contributed by atoms with Gasteiger partial charge >= 0.3 is 0 Å². The summed E-state index contributed by atoms with van der Waals surface area (Å²) in [5, 5.41) is 7.01. The maximum atomic E-state index is 4.76. The third-order valence-corrected chi connectivity index (χ3v) is 5.66. The first-order valence-electron chi connectivity index (χ1n) is 8.51. The Balaban J connectivity index is 1.58. The summed E-state index contributed by atoms with van der Waals surface area (Å²) >= 11 is 1.73. The Kier molecular flexibility index (Phi) is 4.20. The lowest BCUT2D eigenvalue weighted by atomic mass is 10.0. The van der Waals surface area contributed by atoms with Gasteiger partial charge in [0.1, 0.15) is 11.5 Å². The molecule has 2 atom stereocenters. The van der Waals surface area contributed by atoms with Gasteiger partial charge in [-0.25, -0.2) is 9.97 Å². The number of aryl methyl sites for hydroxylation is 1. The number of nitrogens with one attached hydrogen (secondary N) is 2. The van der Waals surface area contributed by atoms with Crippen molar-refractivity contribution in [1.29, 1.82) is 0 Å². The molecule has 1 aliphatic rings. The third-order valence-electron chi connectivity index (χ3n) is 4.52. The Morgan fingerprint density at radius 3 is 3.04 bits per heavy atom. The van der Waals surface area contributed by atoms with Crippen LogP contribution in [0.15, 0.2) is 24.8 Å². The predicted molar refractivity (Wildman–Crippen MR) is 97.6 cm³/mol. The molecule has 3 aromatic heterocycles. The molecule has 3 aromatic rings. The van der Waals surface area contributed by atoms with Gasteiger partial charge in [0.25, 0.3) is 0 Å². The molecule has 4 rings (SSSR count). The number of rotatable bonds is 4. The van der Waals surface area contributed by atoms with Crippen molar-refractivity contribution >= 4 is 22.1 Å². The molecule has 1 saturated heterocycles. The number of hydrogen-bond donors (Lipinski definition) is 2. The summed E-state index contributed by atoms with van der Waals surface area (Å²) in [6, 6.07) is 1.01. The van der Waals surface area contributed by atoms with E-state index in [-0.39, 0.29) is 0 Å². The molecule has 0 bridgehead atoms. The van der Waals surface area contributed by atoms with Gasteiger partial charge in [0.2, 0.25) is 0 Å². The van der Waals surface area contributed by atoms with Crippen molar-refractivity contribution in [2.75, 3.05) is 11.9 Å². The minimum Gasteiger partial charge on any atom is -0.365 e. The lowest BCUT2D eigenvalue weighted by Crippen LogP contribution is -2.43. The number of fused-ring (bicyclic) bond motifs is 1. The average molecular weight is 342 g/mol. The van der Waals surface area contributed by atoms with Crippen LogP contribution in [0.5, 0.6) is 0 Å². The number of piperidine rings is 1. The minimum atomic E-state index is 0.407. The summed E-state index contributed by atoms with van der Waals surface area (Å²) in [6.45, 7) is 5.36. The Labute approximate surface area is 145 Å². The number of thiazole rings is 1. The Morgan fingerprint density at radius 1 is 1.33 bits per heavy atom. The van der Waals surface area contributed by atoms with Gasteiger partial charge in [-0.05, 0) is 26.2 Å². The molecule has 0 amide bonds. The molecule has 0 spiro atoms. The van der Waals surface area contributed by atoms with Crippen LogP contribution in [0.4, 0.5) is 5.82 Å². The van der Waals surface area contributed by atoms with E-state index in [0.29, 0.717) is 12.1 Å². The summed E-state index contributed by atoms with van der Waals surface area (Å²) in [5.74, 6) is 0.828. The van der Waals surface area contributed by atoms with Crippen molar-refractivity contribution in [2.45, 2.75) is 45.2 Å². The molecule has 0 aromatic carbocycles. The third kappa shape index (κ3) is 3.01. The first-order valence-corrected chi connectivity index (χ1v) is 9.32. The first kappa shape index (κ1) is 15.5. The molecule has 126 valence electrons. The molecular formula is C17H22N6S. The maximum Gasteiger partial charge on any atom is 0.194 e. The molecule has 2 N–H and O–H groups in total. The summed E-state index contributed by atoms with van der Waals surface area (Å²) in [6.07, 6.45) is 11.0. The Hall–Kier alpha value is -1.99. The molecular weight excluding hydrogens is 320 g/mol. The second kappa shape index (κ2) is 6.49. The van der Waals surface area contributed by atoms with Crippen LogP contribution in [0, 0.1) is 0 Å².